The topological polar surface area (TPSA) is 0 Å². The van der Waals surface area contributed by atoms with Gasteiger partial charge in [-0.15, -0.1) is 11.8 Å². The van der Waals surface area contributed by atoms with Crippen LogP contribution in [0.4, 0.5) is 4.39 Å². The Kier molecular flexibility index (Phi) is 3.64. The Hall–Kier alpha value is 0.710. The number of hydrogen-bond donors (Lipinski definition) is 0. The highest BCUT2D eigenvalue weighted by molar-refractivity contribution is 14.1. The van der Waals surface area contributed by atoms with E-state index in [9.17, 15) is 4.39 Å². The van der Waals surface area contributed by atoms with E-state index in [0.29, 0.717) is 4.90 Å². The molecule has 0 nitrogen and oxygen atoms in total. The van der Waals surface area contributed by atoms with Crippen LogP contribution in [0.2, 0.25) is 0 Å². The van der Waals surface area contributed by atoms with Crippen molar-refractivity contribution < 1.29 is 4.39 Å². The third-order valence-corrected chi connectivity index (χ3v) is 4.90. The first-order chi connectivity index (χ1) is 5.16. The zero-order chi connectivity index (χ0) is 8.43. The SMILES string of the molecule is CSc1c(F)ccc(Br)c1I. The lowest BCUT2D eigenvalue weighted by Crippen LogP contribution is -1.85. The Bertz CT molecular complexity index is 277. The summed E-state index contributed by atoms with van der Waals surface area (Å²) in [7, 11) is 0. The molecule has 0 spiro atoms. The van der Waals surface area contributed by atoms with Gasteiger partial charge < -0.3 is 0 Å². The second kappa shape index (κ2) is 4.09. The van der Waals surface area contributed by atoms with E-state index in [1.54, 1.807) is 6.07 Å². The molecule has 60 valence electrons. The minimum Gasteiger partial charge on any atom is -0.206 e. The summed E-state index contributed by atoms with van der Waals surface area (Å²) >= 11 is 6.88. The van der Waals surface area contributed by atoms with E-state index in [1.807, 2.05) is 6.26 Å². The number of hydrogen-bond acceptors (Lipinski definition) is 1. The first-order valence-corrected chi connectivity index (χ1v) is 5.94. The van der Waals surface area contributed by atoms with Crippen molar-refractivity contribution in [3.05, 3.63) is 26.0 Å². The van der Waals surface area contributed by atoms with E-state index in [0.717, 1.165) is 8.04 Å². The van der Waals surface area contributed by atoms with E-state index in [-0.39, 0.29) is 5.82 Å². The quantitative estimate of drug-likeness (QED) is 0.422. The molecule has 1 aromatic carbocycles. The first kappa shape index (κ1) is 9.80. The van der Waals surface area contributed by atoms with E-state index in [1.165, 1.54) is 17.8 Å². The van der Waals surface area contributed by atoms with Gasteiger partial charge in [-0.3, -0.25) is 0 Å². The van der Waals surface area contributed by atoms with Gasteiger partial charge in [0.2, 0.25) is 0 Å². The molecule has 4 heteroatoms. The van der Waals surface area contributed by atoms with Gasteiger partial charge in [0.05, 0.1) is 4.90 Å². The van der Waals surface area contributed by atoms with Crippen LogP contribution in [0.3, 0.4) is 0 Å². The smallest absolute Gasteiger partial charge is 0.137 e. The molecule has 0 N–H and O–H groups in total. The van der Waals surface area contributed by atoms with Crippen molar-refractivity contribution in [1.82, 2.24) is 0 Å². The summed E-state index contributed by atoms with van der Waals surface area (Å²) in [6, 6.07) is 3.19. The van der Waals surface area contributed by atoms with E-state index in [4.69, 9.17) is 0 Å². The fourth-order valence-corrected chi connectivity index (χ4v) is 2.81. The lowest BCUT2D eigenvalue weighted by molar-refractivity contribution is 0.599. The molecule has 0 amide bonds. The second-order valence-corrected chi connectivity index (χ2v) is 4.63. The van der Waals surface area contributed by atoms with E-state index >= 15 is 0 Å². The van der Waals surface area contributed by atoms with E-state index in [2.05, 4.69) is 38.5 Å². The van der Waals surface area contributed by atoms with Crippen LogP contribution in [0, 0.1) is 9.39 Å². The summed E-state index contributed by atoms with van der Waals surface area (Å²) < 4.78 is 14.9. The molecule has 0 heterocycles. The van der Waals surface area contributed by atoms with Gasteiger partial charge in [-0.25, -0.2) is 4.39 Å². The molecule has 1 rings (SSSR count). The van der Waals surface area contributed by atoms with Gasteiger partial charge in [0, 0.05) is 8.04 Å². The highest BCUT2D eigenvalue weighted by Crippen LogP contribution is 2.30. The van der Waals surface area contributed by atoms with Crippen molar-refractivity contribution in [2.24, 2.45) is 0 Å². The summed E-state index contributed by atoms with van der Waals surface area (Å²) in [5.41, 5.74) is 0. The summed E-state index contributed by atoms with van der Waals surface area (Å²) in [6.45, 7) is 0. The van der Waals surface area contributed by atoms with Gasteiger partial charge in [-0.2, -0.15) is 0 Å². The Morgan fingerprint density at radius 2 is 2.18 bits per heavy atom. The van der Waals surface area contributed by atoms with Crippen LogP contribution in [0.15, 0.2) is 21.5 Å². The Morgan fingerprint density at radius 3 is 2.64 bits per heavy atom. The molecule has 0 fully saturated rings. The van der Waals surface area contributed by atoms with Gasteiger partial charge >= 0.3 is 0 Å². The zero-order valence-electron chi connectivity index (χ0n) is 5.70. The Morgan fingerprint density at radius 1 is 1.55 bits per heavy atom. The van der Waals surface area contributed by atoms with Gasteiger partial charge in [0.25, 0.3) is 0 Å². The largest absolute Gasteiger partial charge is 0.206 e. The highest BCUT2D eigenvalue weighted by atomic mass is 127. The number of benzene rings is 1. The predicted octanol–water partition coefficient (Wildman–Crippen LogP) is 3.91. The summed E-state index contributed by atoms with van der Waals surface area (Å²) in [5.74, 6) is -0.148. The Labute approximate surface area is 91.2 Å². The maximum atomic E-state index is 13.0. The zero-order valence-corrected chi connectivity index (χ0v) is 10.3. The standard InChI is InChI=1S/C7H5BrFIS/c1-11-7-5(9)3-2-4(8)6(7)10/h2-3H,1H3. The molecule has 0 aromatic heterocycles. The van der Waals surface area contributed by atoms with Crippen molar-refractivity contribution in [1.29, 1.82) is 0 Å². The van der Waals surface area contributed by atoms with Crippen LogP contribution in [0.25, 0.3) is 0 Å². The third kappa shape index (κ3) is 2.09. The average molecular weight is 347 g/mol. The fourth-order valence-electron chi connectivity index (χ4n) is 0.696. The minimum atomic E-state index is -0.148. The number of thioether (sulfide) groups is 1. The molecule has 0 unspecified atom stereocenters. The number of rotatable bonds is 1. The van der Waals surface area contributed by atoms with Crippen LogP contribution < -0.4 is 0 Å². The van der Waals surface area contributed by atoms with Gasteiger partial charge in [-0.1, -0.05) is 0 Å². The summed E-state index contributed by atoms with van der Waals surface area (Å²) in [4.78, 5) is 0.708. The van der Waals surface area contributed by atoms with Crippen molar-refractivity contribution in [3.8, 4) is 0 Å². The molecule has 0 radical (unpaired) electrons. The van der Waals surface area contributed by atoms with Crippen LogP contribution in [-0.4, -0.2) is 6.26 Å². The maximum Gasteiger partial charge on any atom is 0.137 e. The summed E-state index contributed by atoms with van der Waals surface area (Å²) in [5, 5.41) is 0. The van der Waals surface area contributed by atoms with Crippen molar-refractivity contribution in [2.45, 2.75) is 4.90 Å². The van der Waals surface area contributed by atoms with Crippen LogP contribution in [-0.2, 0) is 0 Å². The van der Waals surface area contributed by atoms with Crippen LogP contribution in [0.1, 0.15) is 0 Å². The summed E-state index contributed by atoms with van der Waals surface area (Å²) in [6.07, 6.45) is 1.87. The molecule has 11 heavy (non-hydrogen) atoms. The minimum absolute atomic E-state index is 0.148. The monoisotopic (exact) mass is 346 g/mol. The molecule has 0 aliphatic heterocycles. The van der Waals surface area contributed by atoms with E-state index < -0.39 is 0 Å². The van der Waals surface area contributed by atoms with Crippen molar-refractivity contribution in [2.75, 3.05) is 6.26 Å². The van der Waals surface area contributed by atoms with Crippen LogP contribution in [0.5, 0.6) is 0 Å². The molecule has 0 atom stereocenters. The molecule has 1 aromatic rings. The average Bonchev–Trinajstić information content (AvgIpc) is 1.99. The van der Waals surface area contributed by atoms with Gasteiger partial charge in [-0.05, 0) is 56.9 Å². The molecule has 0 saturated carbocycles. The highest BCUT2D eigenvalue weighted by Gasteiger charge is 2.07. The van der Waals surface area contributed by atoms with Crippen molar-refractivity contribution in [3.63, 3.8) is 0 Å². The van der Waals surface area contributed by atoms with Crippen LogP contribution >= 0.6 is 50.3 Å². The number of halogens is 3. The molecule has 0 aliphatic rings. The Balaban J connectivity index is 3.29. The normalized spacial score (nSPS) is 10.2. The molecular weight excluding hydrogens is 342 g/mol. The molecule has 0 aliphatic carbocycles. The van der Waals surface area contributed by atoms with Crippen molar-refractivity contribution >= 4 is 50.3 Å². The molecular formula is C7H5BrFIS. The second-order valence-electron chi connectivity index (χ2n) is 1.88. The lowest BCUT2D eigenvalue weighted by Gasteiger charge is -2.03. The molecule has 0 saturated heterocycles. The lowest BCUT2D eigenvalue weighted by atomic mass is 10.3. The fraction of sp³-hybridized carbons (Fsp3) is 0.143. The van der Waals surface area contributed by atoms with Gasteiger partial charge in [0.1, 0.15) is 5.82 Å². The van der Waals surface area contributed by atoms with Gasteiger partial charge in [0.15, 0.2) is 0 Å². The predicted molar refractivity (Wildman–Crippen MR) is 58.6 cm³/mol. The maximum absolute atomic E-state index is 13.0. The molecule has 0 bridgehead atoms. The first-order valence-electron chi connectivity index (χ1n) is 2.84. The third-order valence-electron chi connectivity index (χ3n) is 1.21.